The van der Waals surface area contributed by atoms with E-state index in [0.29, 0.717) is 18.7 Å². The summed E-state index contributed by atoms with van der Waals surface area (Å²) in [7, 11) is 0. The number of benzene rings is 2. The molecule has 0 bridgehead atoms. The summed E-state index contributed by atoms with van der Waals surface area (Å²) in [5, 5.41) is 19.5. The Bertz CT molecular complexity index is 1010. The van der Waals surface area contributed by atoms with E-state index in [1.165, 1.54) is 6.07 Å². The normalized spacial score (nSPS) is 13.9. The fraction of sp³-hybridized carbons (Fsp3) is 0.200. The second kappa shape index (κ2) is 6.31. The number of fused-ring (bicyclic) bond motifs is 3. The van der Waals surface area contributed by atoms with Gasteiger partial charge in [-0.3, -0.25) is 4.79 Å². The van der Waals surface area contributed by atoms with Gasteiger partial charge in [0, 0.05) is 29.7 Å². The molecular weight excluding hydrogens is 332 g/mol. The first kappa shape index (κ1) is 16.4. The summed E-state index contributed by atoms with van der Waals surface area (Å²) >= 11 is 0. The molecule has 4 rings (SSSR count). The van der Waals surface area contributed by atoms with E-state index < -0.39 is 5.97 Å². The van der Waals surface area contributed by atoms with Gasteiger partial charge in [0.05, 0.1) is 12.2 Å². The second-order valence-electron chi connectivity index (χ2n) is 6.28. The Kier molecular flexibility index (Phi) is 3.97. The van der Waals surface area contributed by atoms with Crippen LogP contribution in [0.25, 0.3) is 10.9 Å². The van der Waals surface area contributed by atoms with Gasteiger partial charge in [0.25, 0.3) is 5.91 Å². The molecule has 0 radical (unpaired) electrons. The lowest BCUT2D eigenvalue weighted by molar-refractivity contribution is 0.0696. The molecule has 0 atom stereocenters. The summed E-state index contributed by atoms with van der Waals surface area (Å²) in [6.07, 6.45) is 0.633. The number of hydrogen-bond donors (Lipinski definition) is 2. The number of carbonyl (C=O) groups is 2. The summed E-state index contributed by atoms with van der Waals surface area (Å²) < 4.78 is 1.80. The Morgan fingerprint density at radius 3 is 2.58 bits per heavy atom. The molecule has 0 saturated heterocycles. The highest BCUT2D eigenvalue weighted by Gasteiger charge is 2.31. The molecule has 6 nitrogen and oxygen atoms in total. The van der Waals surface area contributed by atoms with Gasteiger partial charge in [0.15, 0.2) is 0 Å². The molecule has 2 N–H and O–H groups in total. The molecule has 2 heterocycles. The van der Waals surface area contributed by atoms with Gasteiger partial charge in [-0.05, 0) is 42.3 Å². The number of hydrogen-bond acceptors (Lipinski definition) is 3. The van der Waals surface area contributed by atoms with Crippen LogP contribution in [0.15, 0.2) is 48.5 Å². The van der Waals surface area contributed by atoms with Crippen LogP contribution in [0.2, 0.25) is 0 Å². The van der Waals surface area contributed by atoms with Gasteiger partial charge in [-0.15, -0.1) is 0 Å². The summed E-state index contributed by atoms with van der Waals surface area (Å²) in [6.45, 7) is 0.716. The zero-order chi connectivity index (χ0) is 18.3. The van der Waals surface area contributed by atoms with E-state index in [9.17, 15) is 19.8 Å². The van der Waals surface area contributed by atoms with Gasteiger partial charge >= 0.3 is 5.97 Å². The summed E-state index contributed by atoms with van der Waals surface area (Å²) in [5.41, 5.74) is 3.19. The fourth-order valence-corrected chi connectivity index (χ4v) is 3.69. The Labute approximate surface area is 149 Å². The lowest BCUT2D eigenvalue weighted by Crippen LogP contribution is -2.38. The van der Waals surface area contributed by atoms with Gasteiger partial charge in [0.2, 0.25) is 0 Å². The zero-order valence-electron chi connectivity index (χ0n) is 14.1. The van der Waals surface area contributed by atoms with E-state index in [0.717, 1.165) is 22.2 Å². The maximum atomic E-state index is 13.2. The molecule has 0 fully saturated rings. The Morgan fingerprint density at radius 1 is 1.12 bits per heavy atom. The quantitative estimate of drug-likeness (QED) is 0.757. The average molecular weight is 350 g/mol. The third kappa shape index (κ3) is 2.46. The maximum absolute atomic E-state index is 13.2. The molecule has 0 unspecified atom stereocenters. The van der Waals surface area contributed by atoms with E-state index in [-0.39, 0.29) is 24.6 Å². The highest BCUT2D eigenvalue weighted by atomic mass is 16.4. The van der Waals surface area contributed by atoms with Crippen molar-refractivity contribution in [1.82, 2.24) is 4.57 Å². The van der Waals surface area contributed by atoms with Gasteiger partial charge in [-0.2, -0.15) is 0 Å². The molecule has 6 heteroatoms. The molecule has 3 aromatic rings. The molecular formula is C20H18N2O4. The fourth-order valence-electron chi connectivity index (χ4n) is 3.69. The van der Waals surface area contributed by atoms with E-state index in [1.54, 1.807) is 21.6 Å². The van der Waals surface area contributed by atoms with Gasteiger partial charge in [-0.1, -0.05) is 18.2 Å². The highest BCUT2D eigenvalue weighted by Crippen LogP contribution is 2.33. The van der Waals surface area contributed by atoms with Crippen LogP contribution in [0, 0.1) is 0 Å². The smallest absolute Gasteiger partial charge is 0.335 e. The van der Waals surface area contributed by atoms with Gasteiger partial charge in [0.1, 0.15) is 5.69 Å². The molecule has 2 aromatic carbocycles. The van der Waals surface area contributed by atoms with Crippen LogP contribution in [-0.4, -0.2) is 39.8 Å². The molecule has 1 aliphatic heterocycles. The van der Waals surface area contributed by atoms with Crippen LogP contribution in [-0.2, 0) is 13.0 Å². The number of carbonyl (C=O) groups excluding carboxylic acids is 1. The Morgan fingerprint density at radius 2 is 1.88 bits per heavy atom. The predicted octanol–water partition coefficient (Wildman–Crippen LogP) is 2.53. The number of amides is 1. The number of para-hydroxylation sites is 1. The SMILES string of the molecule is O=C(O)c1ccc2c(c1)c1c(n2CCO)C(=O)N(c2ccccc2)CC1. The maximum Gasteiger partial charge on any atom is 0.335 e. The topological polar surface area (TPSA) is 82.8 Å². The average Bonchev–Trinajstić information content (AvgIpc) is 2.97. The minimum Gasteiger partial charge on any atom is -0.478 e. The zero-order valence-corrected chi connectivity index (χ0v) is 14.1. The Hall–Kier alpha value is -3.12. The number of aliphatic hydroxyl groups is 1. The molecule has 0 aliphatic carbocycles. The number of rotatable bonds is 4. The van der Waals surface area contributed by atoms with Crippen LogP contribution in [0.3, 0.4) is 0 Å². The van der Waals surface area contributed by atoms with E-state index in [4.69, 9.17) is 0 Å². The number of aromatic nitrogens is 1. The number of nitrogens with zero attached hydrogens (tertiary/aromatic N) is 2. The second-order valence-corrected chi connectivity index (χ2v) is 6.28. The summed E-state index contributed by atoms with van der Waals surface area (Å²) in [5.74, 6) is -1.12. The Balaban J connectivity index is 1.90. The first-order valence-electron chi connectivity index (χ1n) is 8.48. The number of aromatic carboxylic acids is 1. The molecule has 0 spiro atoms. The van der Waals surface area contributed by atoms with Crippen molar-refractivity contribution >= 4 is 28.5 Å². The minimum atomic E-state index is -0.997. The third-order valence-corrected chi connectivity index (χ3v) is 4.84. The molecule has 1 aromatic heterocycles. The lowest BCUT2D eigenvalue weighted by Gasteiger charge is -2.28. The van der Waals surface area contributed by atoms with Crippen LogP contribution >= 0.6 is 0 Å². The monoisotopic (exact) mass is 350 g/mol. The third-order valence-electron chi connectivity index (χ3n) is 4.84. The van der Waals surface area contributed by atoms with Crippen LogP contribution in [0.4, 0.5) is 5.69 Å². The summed E-state index contributed by atoms with van der Waals surface area (Å²) in [4.78, 5) is 26.3. The lowest BCUT2D eigenvalue weighted by atomic mass is 10.0. The van der Waals surface area contributed by atoms with Crippen molar-refractivity contribution in [3.8, 4) is 0 Å². The molecule has 1 amide bonds. The van der Waals surface area contributed by atoms with Crippen LogP contribution < -0.4 is 4.90 Å². The molecule has 1 aliphatic rings. The number of carboxylic acids is 1. The van der Waals surface area contributed by atoms with E-state index in [1.807, 2.05) is 30.3 Å². The van der Waals surface area contributed by atoms with Crippen molar-refractivity contribution in [3.05, 3.63) is 65.4 Å². The van der Waals surface area contributed by atoms with Crippen molar-refractivity contribution in [2.24, 2.45) is 0 Å². The van der Waals surface area contributed by atoms with Crippen LogP contribution in [0.5, 0.6) is 0 Å². The van der Waals surface area contributed by atoms with E-state index >= 15 is 0 Å². The first-order chi connectivity index (χ1) is 12.6. The van der Waals surface area contributed by atoms with Crippen molar-refractivity contribution in [1.29, 1.82) is 0 Å². The van der Waals surface area contributed by atoms with Crippen molar-refractivity contribution in [3.63, 3.8) is 0 Å². The number of anilines is 1. The number of carboxylic acid groups (broad SMARTS) is 1. The highest BCUT2D eigenvalue weighted by molar-refractivity contribution is 6.11. The molecule has 26 heavy (non-hydrogen) atoms. The van der Waals surface area contributed by atoms with Gasteiger partial charge in [-0.25, -0.2) is 4.79 Å². The van der Waals surface area contributed by atoms with Gasteiger partial charge < -0.3 is 19.7 Å². The standard InChI is InChI=1S/C20H18N2O4/c23-11-10-22-17-7-6-13(20(25)26)12-16(17)15-8-9-21(19(24)18(15)22)14-4-2-1-3-5-14/h1-7,12,23H,8-11H2,(H,25,26). The largest absolute Gasteiger partial charge is 0.478 e. The number of aliphatic hydroxyl groups excluding tert-OH is 1. The predicted molar refractivity (Wildman–Crippen MR) is 97.8 cm³/mol. The first-order valence-corrected chi connectivity index (χ1v) is 8.48. The van der Waals surface area contributed by atoms with Crippen molar-refractivity contribution in [2.75, 3.05) is 18.1 Å². The van der Waals surface area contributed by atoms with Crippen LogP contribution in [0.1, 0.15) is 26.4 Å². The van der Waals surface area contributed by atoms with Crippen molar-refractivity contribution < 1.29 is 19.8 Å². The molecule has 132 valence electrons. The minimum absolute atomic E-state index is 0.102. The summed E-state index contributed by atoms with van der Waals surface area (Å²) in [6, 6.07) is 14.3. The van der Waals surface area contributed by atoms with Crippen molar-refractivity contribution in [2.45, 2.75) is 13.0 Å². The molecule has 0 saturated carbocycles. The van der Waals surface area contributed by atoms with E-state index in [2.05, 4.69) is 0 Å².